The molecule has 1 atom stereocenters. The summed E-state index contributed by atoms with van der Waals surface area (Å²) in [6.45, 7) is 2.93. The Hall–Kier alpha value is -1.17. The summed E-state index contributed by atoms with van der Waals surface area (Å²) >= 11 is 0. The van der Waals surface area contributed by atoms with Gasteiger partial charge in [0, 0.05) is 25.8 Å². The van der Waals surface area contributed by atoms with Crippen LogP contribution in [0.5, 0.6) is 5.75 Å². The Balaban J connectivity index is 2.77. The van der Waals surface area contributed by atoms with E-state index in [0.717, 1.165) is 0 Å². The molecule has 0 spiro atoms. The molecule has 0 bridgehead atoms. The maximum absolute atomic E-state index is 14.0. The number of hydrogen-bond donors (Lipinski definition) is 2. The molecule has 0 aliphatic heterocycles. The van der Waals surface area contributed by atoms with Crippen LogP contribution in [0.3, 0.4) is 0 Å². The van der Waals surface area contributed by atoms with Gasteiger partial charge in [0.15, 0.2) is 11.6 Å². The highest BCUT2D eigenvalue weighted by atomic mass is 19.1. The molecule has 1 aromatic rings. The molecule has 2 N–H and O–H groups in total. The number of nitrogens with one attached hydrogen (secondary N) is 1. The van der Waals surface area contributed by atoms with Gasteiger partial charge in [0.1, 0.15) is 5.60 Å². The molecule has 5 heteroatoms. The molecule has 0 aromatic heterocycles. The molecular weight excluding hydrogens is 237 g/mol. The summed E-state index contributed by atoms with van der Waals surface area (Å²) in [5, 5.41) is 13.3. The van der Waals surface area contributed by atoms with E-state index in [9.17, 15) is 9.50 Å². The number of hydrogen-bond acceptors (Lipinski definition) is 4. The Labute approximate surface area is 107 Å². The monoisotopic (exact) mass is 257 g/mol. The first-order valence-electron chi connectivity index (χ1n) is 5.78. The van der Waals surface area contributed by atoms with E-state index < -0.39 is 11.4 Å². The summed E-state index contributed by atoms with van der Waals surface area (Å²) in [4.78, 5) is 0. The zero-order valence-corrected chi connectivity index (χ0v) is 11.0. The third kappa shape index (κ3) is 3.66. The van der Waals surface area contributed by atoms with Gasteiger partial charge in [-0.3, -0.25) is 0 Å². The molecule has 0 radical (unpaired) electrons. The minimum Gasteiger partial charge on any atom is -0.494 e. The molecule has 1 unspecified atom stereocenters. The highest BCUT2D eigenvalue weighted by Gasteiger charge is 2.27. The number of benzene rings is 1. The molecule has 0 aliphatic rings. The fraction of sp³-hybridized carbons (Fsp3) is 0.538. The van der Waals surface area contributed by atoms with E-state index in [2.05, 4.69) is 5.32 Å². The van der Waals surface area contributed by atoms with Crippen LogP contribution in [0.2, 0.25) is 0 Å². The van der Waals surface area contributed by atoms with Crippen LogP contribution in [0.25, 0.3) is 0 Å². The first kappa shape index (κ1) is 14.9. The molecular formula is C13H20FNO3. The van der Waals surface area contributed by atoms with Gasteiger partial charge < -0.3 is 19.9 Å². The highest BCUT2D eigenvalue weighted by Crippen LogP contribution is 2.28. The van der Waals surface area contributed by atoms with Gasteiger partial charge in [0.25, 0.3) is 0 Å². The lowest BCUT2D eigenvalue weighted by Gasteiger charge is -2.25. The summed E-state index contributed by atoms with van der Waals surface area (Å²) in [7, 11) is 3.00. The van der Waals surface area contributed by atoms with Crippen molar-refractivity contribution in [2.45, 2.75) is 12.5 Å². The molecule has 1 aromatic carbocycles. The predicted octanol–water partition coefficient (Wildman–Crippen LogP) is 1.28. The van der Waals surface area contributed by atoms with Crippen molar-refractivity contribution >= 4 is 0 Å². The van der Waals surface area contributed by atoms with Crippen LogP contribution >= 0.6 is 0 Å². The minimum atomic E-state index is -1.30. The van der Waals surface area contributed by atoms with Crippen molar-refractivity contribution in [3.05, 3.63) is 29.6 Å². The Bertz CT molecular complexity index is 382. The summed E-state index contributed by atoms with van der Waals surface area (Å²) in [6, 6.07) is 4.73. The van der Waals surface area contributed by atoms with E-state index >= 15 is 0 Å². The van der Waals surface area contributed by atoms with Crippen LogP contribution in [0, 0.1) is 5.82 Å². The maximum atomic E-state index is 14.0. The molecule has 102 valence electrons. The first-order chi connectivity index (χ1) is 8.53. The van der Waals surface area contributed by atoms with Crippen molar-refractivity contribution < 1.29 is 19.0 Å². The van der Waals surface area contributed by atoms with Gasteiger partial charge in [-0.2, -0.15) is 0 Å². The first-order valence-corrected chi connectivity index (χ1v) is 5.78. The zero-order chi connectivity index (χ0) is 13.6. The van der Waals surface area contributed by atoms with E-state index in [1.165, 1.54) is 13.2 Å². The summed E-state index contributed by atoms with van der Waals surface area (Å²) in [5.41, 5.74) is -1.08. The SMILES string of the molecule is COCCNCC(C)(O)c1cccc(OC)c1F. The van der Waals surface area contributed by atoms with Crippen LogP contribution in [0.4, 0.5) is 4.39 Å². The van der Waals surface area contributed by atoms with Gasteiger partial charge >= 0.3 is 0 Å². The molecule has 0 heterocycles. The van der Waals surface area contributed by atoms with Gasteiger partial charge in [-0.1, -0.05) is 12.1 Å². The van der Waals surface area contributed by atoms with Gasteiger partial charge in [0.2, 0.25) is 0 Å². The van der Waals surface area contributed by atoms with Crippen molar-refractivity contribution in [3.8, 4) is 5.75 Å². The summed E-state index contributed by atoms with van der Waals surface area (Å²) in [5.74, 6) is -0.400. The third-order valence-corrected chi connectivity index (χ3v) is 2.72. The minimum absolute atomic E-state index is 0.129. The average molecular weight is 257 g/mol. The van der Waals surface area contributed by atoms with Crippen LogP contribution in [-0.4, -0.2) is 39.0 Å². The van der Waals surface area contributed by atoms with Crippen LogP contribution < -0.4 is 10.1 Å². The van der Waals surface area contributed by atoms with Crippen molar-refractivity contribution in [2.24, 2.45) is 0 Å². The molecule has 4 nitrogen and oxygen atoms in total. The fourth-order valence-electron chi connectivity index (χ4n) is 1.69. The van der Waals surface area contributed by atoms with Gasteiger partial charge in [-0.15, -0.1) is 0 Å². The number of ether oxygens (including phenoxy) is 2. The second-order valence-electron chi connectivity index (χ2n) is 4.27. The fourth-order valence-corrected chi connectivity index (χ4v) is 1.69. The smallest absolute Gasteiger partial charge is 0.171 e. The van der Waals surface area contributed by atoms with Gasteiger partial charge in [0.05, 0.1) is 13.7 Å². The predicted molar refractivity (Wildman–Crippen MR) is 67.3 cm³/mol. The summed E-state index contributed by atoms with van der Waals surface area (Å²) in [6.07, 6.45) is 0. The van der Waals surface area contributed by atoms with Crippen LogP contribution in [0.1, 0.15) is 12.5 Å². The van der Waals surface area contributed by atoms with Crippen molar-refractivity contribution in [1.29, 1.82) is 0 Å². The maximum Gasteiger partial charge on any atom is 0.171 e. The molecule has 18 heavy (non-hydrogen) atoms. The molecule has 0 saturated heterocycles. The Morgan fingerprint density at radius 3 is 2.72 bits per heavy atom. The standard InChI is InChI=1S/C13H20FNO3/c1-13(16,9-15-7-8-17-2)10-5-4-6-11(18-3)12(10)14/h4-6,15-16H,7-9H2,1-3H3. The molecule has 0 amide bonds. The van der Waals surface area contributed by atoms with E-state index in [0.29, 0.717) is 13.2 Å². The van der Waals surface area contributed by atoms with Crippen molar-refractivity contribution in [3.63, 3.8) is 0 Å². The zero-order valence-electron chi connectivity index (χ0n) is 11.0. The normalized spacial score (nSPS) is 14.3. The lowest BCUT2D eigenvalue weighted by molar-refractivity contribution is 0.0508. The van der Waals surface area contributed by atoms with Gasteiger partial charge in [-0.05, 0) is 13.0 Å². The number of aliphatic hydroxyl groups is 1. The number of rotatable bonds is 7. The molecule has 0 fully saturated rings. The topological polar surface area (TPSA) is 50.7 Å². The number of methoxy groups -OCH3 is 2. The van der Waals surface area contributed by atoms with Gasteiger partial charge in [-0.25, -0.2) is 4.39 Å². The highest BCUT2D eigenvalue weighted by molar-refractivity contribution is 5.34. The third-order valence-electron chi connectivity index (χ3n) is 2.72. The number of halogens is 1. The average Bonchev–Trinajstić information content (AvgIpc) is 2.35. The molecule has 0 aliphatic carbocycles. The Morgan fingerprint density at radius 1 is 1.39 bits per heavy atom. The van der Waals surface area contributed by atoms with E-state index in [4.69, 9.17) is 9.47 Å². The second kappa shape index (κ2) is 6.68. The van der Waals surface area contributed by atoms with E-state index in [-0.39, 0.29) is 17.9 Å². The largest absolute Gasteiger partial charge is 0.494 e. The van der Waals surface area contributed by atoms with Crippen LogP contribution in [0.15, 0.2) is 18.2 Å². The molecule has 1 rings (SSSR count). The van der Waals surface area contributed by atoms with E-state index in [1.54, 1.807) is 26.2 Å². The van der Waals surface area contributed by atoms with Crippen LogP contribution in [-0.2, 0) is 10.3 Å². The Morgan fingerprint density at radius 2 is 2.11 bits per heavy atom. The Kier molecular flexibility index (Phi) is 5.53. The lowest BCUT2D eigenvalue weighted by Crippen LogP contribution is -2.37. The van der Waals surface area contributed by atoms with E-state index in [1.807, 2.05) is 0 Å². The lowest BCUT2D eigenvalue weighted by atomic mass is 9.95. The second-order valence-corrected chi connectivity index (χ2v) is 4.27. The van der Waals surface area contributed by atoms with Crippen molar-refractivity contribution in [1.82, 2.24) is 5.32 Å². The molecule has 0 saturated carbocycles. The summed E-state index contributed by atoms with van der Waals surface area (Å²) < 4.78 is 23.8. The quantitative estimate of drug-likeness (QED) is 0.722. The van der Waals surface area contributed by atoms with Crippen molar-refractivity contribution in [2.75, 3.05) is 33.9 Å².